The molecule has 0 amide bonds. The van der Waals surface area contributed by atoms with Gasteiger partial charge in [-0.2, -0.15) is 0 Å². The van der Waals surface area contributed by atoms with Gasteiger partial charge in [-0.3, -0.25) is 10.1 Å². The fourth-order valence-electron chi connectivity index (χ4n) is 1.75. The standard InChI is InChI=1S/C13H17ClN2O4/c1-8(2)6-12(13(17)20-3)15-11-5-4-9(16(18)19)7-10(11)14/h4-5,7-8,12,15H,6H2,1-3H3. The van der Waals surface area contributed by atoms with Gasteiger partial charge in [-0.25, -0.2) is 4.79 Å². The lowest BCUT2D eigenvalue weighted by Crippen LogP contribution is -2.32. The van der Waals surface area contributed by atoms with Gasteiger partial charge >= 0.3 is 5.97 Å². The second-order valence-electron chi connectivity index (χ2n) is 4.77. The molecule has 1 N–H and O–H groups in total. The van der Waals surface area contributed by atoms with Gasteiger partial charge in [-0.15, -0.1) is 0 Å². The fraction of sp³-hybridized carbons (Fsp3) is 0.462. The minimum atomic E-state index is -0.543. The minimum absolute atomic E-state index is 0.0981. The summed E-state index contributed by atoms with van der Waals surface area (Å²) in [4.78, 5) is 21.8. The summed E-state index contributed by atoms with van der Waals surface area (Å²) in [7, 11) is 1.31. The molecule has 20 heavy (non-hydrogen) atoms. The summed E-state index contributed by atoms with van der Waals surface area (Å²) in [5, 5.41) is 13.8. The third kappa shape index (κ3) is 4.38. The highest BCUT2D eigenvalue weighted by Gasteiger charge is 2.21. The SMILES string of the molecule is COC(=O)C(CC(C)C)Nc1ccc([N+](=O)[O-])cc1Cl. The molecule has 110 valence electrons. The number of rotatable bonds is 6. The number of benzene rings is 1. The molecule has 1 rings (SSSR count). The van der Waals surface area contributed by atoms with Gasteiger partial charge in [0.15, 0.2) is 0 Å². The molecule has 0 saturated heterocycles. The van der Waals surface area contributed by atoms with Gasteiger partial charge < -0.3 is 10.1 Å². The molecule has 0 spiro atoms. The van der Waals surface area contributed by atoms with E-state index in [0.717, 1.165) is 0 Å². The number of esters is 1. The molecular formula is C13H17ClN2O4. The molecule has 0 saturated carbocycles. The van der Waals surface area contributed by atoms with Gasteiger partial charge in [-0.1, -0.05) is 25.4 Å². The lowest BCUT2D eigenvalue weighted by Gasteiger charge is -2.20. The van der Waals surface area contributed by atoms with E-state index in [1.807, 2.05) is 13.8 Å². The number of methoxy groups -OCH3 is 1. The van der Waals surface area contributed by atoms with Gasteiger partial charge in [0.1, 0.15) is 6.04 Å². The first-order valence-corrected chi connectivity index (χ1v) is 6.51. The average Bonchev–Trinajstić information content (AvgIpc) is 2.38. The van der Waals surface area contributed by atoms with Crippen molar-refractivity contribution in [2.45, 2.75) is 26.3 Å². The molecule has 0 aliphatic carbocycles. The number of hydrogen-bond acceptors (Lipinski definition) is 5. The fourth-order valence-corrected chi connectivity index (χ4v) is 1.98. The molecule has 0 heterocycles. The Morgan fingerprint density at radius 3 is 2.60 bits per heavy atom. The summed E-state index contributed by atoms with van der Waals surface area (Å²) in [6.07, 6.45) is 0.569. The number of non-ortho nitro benzene ring substituents is 1. The normalized spacial score (nSPS) is 12.1. The van der Waals surface area contributed by atoms with Crippen molar-refractivity contribution in [2.24, 2.45) is 5.92 Å². The molecule has 1 aromatic carbocycles. The number of ether oxygens (including phenoxy) is 1. The van der Waals surface area contributed by atoms with Crippen molar-refractivity contribution in [3.63, 3.8) is 0 Å². The first-order chi connectivity index (χ1) is 9.35. The Kier molecular flexibility index (Phi) is 5.76. The zero-order valence-electron chi connectivity index (χ0n) is 11.6. The lowest BCUT2D eigenvalue weighted by molar-refractivity contribution is -0.384. The number of carbonyl (C=O) groups excluding carboxylic acids is 1. The van der Waals surface area contributed by atoms with E-state index in [4.69, 9.17) is 16.3 Å². The number of anilines is 1. The van der Waals surface area contributed by atoms with E-state index in [2.05, 4.69) is 5.32 Å². The maximum Gasteiger partial charge on any atom is 0.328 e. The number of halogens is 1. The molecule has 1 unspecified atom stereocenters. The Hall–Kier alpha value is -1.82. The maximum absolute atomic E-state index is 11.7. The number of nitro groups is 1. The summed E-state index contributed by atoms with van der Waals surface area (Å²) in [6, 6.07) is 3.52. The molecule has 7 heteroatoms. The van der Waals surface area contributed by atoms with Crippen LogP contribution in [-0.4, -0.2) is 24.0 Å². The number of carbonyl (C=O) groups is 1. The van der Waals surface area contributed by atoms with Crippen molar-refractivity contribution >= 4 is 28.9 Å². The van der Waals surface area contributed by atoms with Gasteiger partial charge in [0.2, 0.25) is 0 Å². The molecule has 0 aliphatic rings. The van der Waals surface area contributed by atoms with Crippen LogP contribution >= 0.6 is 11.6 Å². The van der Waals surface area contributed by atoms with Crippen molar-refractivity contribution < 1.29 is 14.5 Å². The van der Waals surface area contributed by atoms with Crippen LogP contribution in [0.1, 0.15) is 20.3 Å². The predicted molar refractivity (Wildman–Crippen MR) is 77.0 cm³/mol. The van der Waals surface area contributed by atoms with Crippen LogP contribution in [0.15, 0.2) is 18.2 Å². The highest BCUT2D eigenvalue weighted by atomic mass is 35.5. The molecule has 1 atom stereocenters. The van der Waals surface area contributed by atoms with Crippen molar-refractivity contribution in [3.8, 4) is 0 Å². The molecule has 0 bridgehead atoms. The smallest absolute Gasteiger partial charge is 0.328 e. The van der Waals surface area contributed by atoms with Crippen LogP contribution in [-0.2, 0) is 9.53 Å². The molecule has 0 aliphatic heterocycles. The average molecular weight is 301 g/mol. The Labute approximate surface area is 122 Å². The van der Waals surface area contributed by atoms with E-state index in [0.29, 0.717) is 12.1 Å². The molecular weight excluding hydrogens is 284 g/mol. The first kappa shape index (κ1) is 16.2. The Balaban J connectivity index is 2.93. The third-order valence-electron chi connectivity index (χ3n) is 2.69. The highest BCUT2D eigenvalue weighted by Crippen LogP contribution is 2.28. The van der Waals surface area contributed by atoms with Crippen molar-refractivity contribution in [2.75, 3.05) is 12.4 Å². The molecule has 1 aromatic rings. The molecule has 0 aromatic heterocycles. The van der Waals surface area contributed by atoms with Gasteiger partial charge in [0.05, 0.1) is 22.7 Å². The topological polar surface area (TPSA) is 81.5 Å². The molecule has 0 fully saturated rings. The minimum Gasteiger partial charge on any atom is -0.467 e. The number of nitrogens with zero attached hydrogens (tertiary/aromatic N) is 1. The van der Waals surface area contributed by atoms with Crippen molar-refractivity contribution in [1.82, 2.24) is 0 Å². The van der Waals surface area contributed by atoms with Crippen molar-refractivity contribution in [3.05, 3.63) is 33.3 Å². The van der Waals surface area contributed by atoms with Crippen LogP contribution in [0.4, 0.5) is 11.4 Å². The van der Waals surface area contributed by atoms with Crippen LogP contribution in [0.3, 0.4) is 0 Å². The van der Waals surface area contributed by atoms with Crippen LogP contribution in [0, 0.1) is 16.0 Å². The lowest BCUT2D eigenvalue weighted by atomic mass is 10.0. The number of hydrogen-bond donors (Lipinski definition) is 1. The zero-order valence-corrected chi connectivity index (χ0v) is 12.3. The zero-order chi connectivity index (χ0) is 15.3. The number of nitrogens with one attached hydrogen (secondary N) is 1. The summed E-state index contributed by atoms with van der Waals surface area (Å²) < 4.78 is 4.73. The Morgan fingerprint density at radius 2 is 2.15 bits per heavy atom. The Bertz CT molecular complexity index is 505. The molecule has 6 nitrogen and oxygen atoms in total. The van der Waals surface area contributed by atoms with Crippen LogP contribution in [0.25, 0.3) is 0 Å². The van der Waals surface area contributed by atoms with E-state index >= 15 is 0 Å². The van der Waals surface area contributed by atoms with E-state index in [1.165, 1.54) is 25.3 Å². The monoisotopic (exact) mass is 300 g/mol. The van der Waals surface area contributed by atoms with Gasteiger partial charge in [0, 0.05) is 12.1 Å². The van der Waals surface area contributed by atoms with Crippen LogP contribution in [0.5, 0.6) is 0 Å². The van der Waals surface area contributed by atoms with Crippen LogP contribution < -0.4 is 5.32 Å². The Morgan fingerprint density at radius 1 is 1.50 bits per heavy atom. The van der Waals surface area contributed by atoms with E-state index in [9.17, 15) is 14.9 Å². The second-order valence-corrected chi connectivity index (χ2v) is 5.18. The second kappa shape index (κ2) is 7.09. The third-order valence-corrected chi connectivity index (χ3v) is 3.00. The number of nitro benzene ring substituents is 1. The van der Waals surface area contributed by atoms with Gasteiger partial charge in [-0.05, 0) is 18.4 Å². The summed E-state index contributed by atoms with van der Waals surface area (Å²) in [5.74, 6) is -0.114. The highest BCUT2D eigenvalue weighted by molar-refractivity contribution is 6.33. The quantitative estimate of drug-likeness (QED) is 0.495. The van der Waals surface area contributed by atoms with Crippen molar-refractivity contribution in [1.29, 1.82) is 0 Å². The summed E-state index contributed by atoms with van der Waals surface area (Å²) in [6.45, 7) is 3.96. The summed E-state index contributed by atoms with van der Waals surface area (Å²) >= 11 is 5.98. The predicted octanol–water partition coefficient (Wildman–Crippen LogP) is 3.25. The largest absolute Gasteiger partial charge is 0.467 e. The van der Waals surface area contributed by atoms with E-state index in [-0.39, 0.29) is 16.6 Å². The summed E-state index contributed by atoms with van der Waals surface area (Å²) in [5.41, 5.74) is 0.368. The molecule has 0 radical (unpaired) electrons. The van der Waals surface area contributed by atoms with E-state index in [1.54, 1.807) is 0 Å². The maximum atomic E-state index is 11.7. The van der Waals surface area contributed by atoms with Crippen LogP contribution in [0.2, 0.25) is 5.02 Å². The van der Waals surface area contributed by atoms with Gasteiger partial charge in [0.25, 0.3) is 5.69 Å². The van der Waals surface area contributed by atoms with E-state index < -0.39 is 16.9 Å². The first-order valence-electron chi connectivity index (χ1n) is 6.13.